The molecule has 4 nitrogen and oxygen atoms in total. The monoisotopic (exact) mass is 387 g/mol. The summed E-state index contributed by atoms with van der Waals surface area (Å²) < 4.78 is 0. The molecular formula is C22H30ClN3O. The van der Waals surface area contributed by atoms with Crippen LogP contribution in [0.5, 0.6) is 0 Å². The van der Waals surface area contributed by atoms with E-state index in [1.54, 1.807) is 0 Å². The number of nitrogens with zero attached hydrogens (tertiary/aromatic N) is 3. The van der Waals surface area contributed by atoms with Crippen LogP contribution in [0.25, 0.3) is 0 Å². The summed E-state index contributed by atoms with van der Waals surface area (Å²) in [5.41, 5.74) is 2.54. The molecule has 2 aromatic rings. The van der Waals surface area contributed by atoms with E-state index in [0.717, 1.165) is 42.9 Å². The first-order chi connectivity index (χ1) is 12.6. The fraction of sp³-hybridized carbons (Fsp3) is 0.409. The molecule has 146 valence electrons. The standard InChI is InChI=1S/C22H29N3O.ClH/c1-5-24(6-2)17-16-22(18-12-8-7-9-13-18)19-14-10-11-15-20(19)25(21(22)26)23(3)4;/h7-15H,5-6,16-17H2,1-4H3;1H. The predicted octanol–water partition coefficient (Wildman–Crippen LogP) is 3.95. The Morgan fingerprint density at radius 3 is 2.11 bits per heavy atom. The van der Waals surface area contributed by atoms with Crippen molar-refractivity contribution >= 4 is 24.0 Å². The molecule has 1 heterocycles. The van der Waals surface area contributed by atoms with Crippen molar-refractivity contribution in [3.05, 3.63) is 65.7 Å². The number of anilines is 1. The molecule has 2 aromatic carbocycles. The van der Waals surface area contributed by atoms with E-state index in [1.807, 2.05) is 54.4 Å². The molecule has 0 saturated carbocycles. The van der Waals surface area contributed by atoms with Gasteiger partial charge in [-0.1, -0.05) is 62.4 Å². The van der Waals surface area contributed by atoms with Crippen molar-refractivity contribution in [1.29, 1.82) is 0 Å². The molecule has 0 fully saturated rings. The number of halogens is 1. The van der Waals surface area contributed by atoms with Crippen LogP contribution in [0.15, 0.2) is 54.6 Å². The first-order valence-corrected chi connectivity index (χ1v) is 9.45. The van der Waals surface area contributed by atoms with Crippen molar-refractivity contribution in [3.8, 4) is 0 Å². The van der Waals surface area contributed by atoms with Crippen LogP contribution in [0.2, 0.25) is 0 Å². The van der Waals surface area contributed by atoms with Gasteiger partial charge in [-0.2, -0.15) is 0 Å². The minimum Gasteiger partial charge on any atom is -0.304 e. The van der Waals surface area contributed by atoms with Crippen molar-refractivity contribution in [1.82, 2.24) is 9.91 Å². The summed E-state index contributed by atoms with van der Waals surface area (Å²) in [7, 11) is 3.86. The van der Waals surface area contributed by atoms with E-state index < -0.39 is 5.41 Å². The Morgan fingerprint density at radius 1 is 0.926 bits per heavy atom. The van der Waals surface area contributed by atoms with Crippen molar-refractivity contribution in [2.24, 2.45) is 0 Å². The molecular weight excluding hydrogens is 358 g/mol. The first-order valence-electron chi connectivity index (χ1n) is 9.45. The van der Waals surface area contributed by atoms with Gasteiger partial charge in [-0.25, -0.2) is 10.0 Å². The molecule has 1 atom stereocenters. The number of fused-ring (bicyclic) bond motifs is 1. The Hall–Kier alpha value is -1.88. The largest absolute Gasteiger partial charge is 0.304 e. The van der Waals surface area contributed by atoms with E-state index in [1.165, 1.54) is 0 Å². The third-order valence-electron chi connectivity index (χ3n) is 5.51. The summed E-state index contributed by atoms with van der Waals surface area (Å²) in [5.74, 6) is 0.141. The maximum Gasteiger partial charge on any atom is 0.256 e. The molecule has 1 aliphatic heterocycles. The predicted molar refractivity (Wildman–Crippen MR) is 114 cm³/mol. The highest BCUT2D eigenvalue weighted by Crippen LogP contribution is 2.48. The van der Waals surface area contributed by atoms with Crippen LogP contribution in [-0.4, -0.2) is 49.5 Å². The van der Waals surface area contributed by atoms with Crippen LogP contribution in [0, 0.1) is 0 Å². The molecule has 1 unspecified atom stereocenters. The van der Waals surface area contributed by atoms with Crippen LogP contribution < -0.4 is 5.01 Å². The number of hydrogen-bond acceptors (Lipinski definition) is 3. The number of hydrogen-bond donors (Lipinski definition) is 0. The Kier molecular flexibility index (Phi) is 7.04. The zero-order valence-corrected chi connectivity index (χ0v) is 17.5. The molecule has 3 rings (SSSR count). The third kappa shape index (κ3) is 3.62. The highest BCUT2D eigenvalue weighted by Gasteiger charge is 2.52. The summed E-state index contributed by atoms with van der Waals surface area (Å²) in [4.78, 5) is 16.2. The van der Waals surface area contributed by atoms with Crippen molar-refractivity contribution in [2.45, 2.75) is 25.7 Å². The van der Waals surface area contributed by atoms with Gasteiger partial charge in [0.15, 0.2) is 0 Å². The molecule has 5 heteroatoms. The Morgan fingerprint density at radius 2 is 1.52 bits per heavy atom. The number of rotatable bonds is 7. The number of carbonyl (C=O) groups excluding carboxylic acids is 1. The second-order valence-corrected chi connectivity index (χ2v) is 7.03. The smallest absolute Gasteiger partial charge is 0.256 e. The fourth-order valence-electron chi connectivity index (χ4n) is 4.07. The lowest BCUT2D eigenvalue weighted by molar-refractivity contribution is -0.124. The highest BCUT2D eigenvalue weighted by atomic mass is 35.5. The number of amides is 1. The van der Waals surface area contributed by atoms with Gasteiger partial charge in [-0.3, -0.25) is 4.79 Å². The molecule has 0 saturated heterocycles. The molecule has 0 aliphatic carbocycles. The van der Waals surface area contributed by atoms with Gasteiger partial charge in [0.1, 0.15) is 5.41 Å². The molecule has 0 aromatic heterocycles. The first kappa shape index (κ1) is 21.4. The topological polar surface area (TPSA) is 26.8 Å². The van der Waals surface area contributed by atoms with E-state index in [9.17, 15) is 4.79 Å². The van der Waals surface area contributed by atoms with Crippen LogP contribution in [-0.2, 0) is 10.2 Å². The molecule has 0 N–H and O–H groups in total. The lowest BCUT2D eigenvalue weighted by Gasteiger charge is -2.33. The lowest BCUT2D eigenvalue weighted by atomic mass is 9.72. The number of hydrazine groups is 1. The SMILES string of the molecule is CCN(CC)CCC1(c2ccccc2)C(=O)N(N(C)C)c2ccccc21.Cl. The maximum atomic E-state index is 13.8. The molecule has 0 bridgehead atoms. The van der Waals surface area contributed by atoms with Gasteiger partial charge in [0.05, 0.1) is 5.69 Å². The van der Waals surface area contributed by atoms with E-state index >= 15 is 0 Å². The molecule has 0 radical (unpaired) electrons. The lowest BCUT2D eigenvalue weighted by Crippen LogP contribution is -2.48. The van der Waals surface area contributed by atoms with Gasteiger partial charge in [-0.15, -0.1) is 12.4 Å². The molecule has 0 spiro atoms. The molecule has 1 amide bonds. The van der Waals surface area contributed by atoms with Gasteiger partial charge in [0.25, 0.3) is 5.91 Å². The minimum atomic E-state index is -0.634. The van der Waals surface area contributed by atoms with Gasteiger partial charge in [0, 0.05) is 14.1 Å². The zero-order valence-electron chi connectivity index (χ0n) is 16.7. The molecule has 1 aliphatic rings. The van der Waals surface area contributed by atoms with Gasteiger partial charge < -0.3 is 4.90 Å². The Bertz CT molecular complexity index is 761. The van der Waals surface area contributed by atoms with Crippen LogP contribution in [0.3, 0.4) is 0 Å². The second-order valence-electron chi connectivity index (χ2n) is 7.03. The summed E-state index contributed by atoms with van der Waals surface area (Å²) in [5, 5.41) is 3.72. The van der Waals surface area contributed by atoms with Crippen LogP contribution >= 0.6 is 12.4 Å². The maximum absolute atomic E-state index is 13.8. The normalized spacial score (nSPS) is 18.7. The van der Waals surface area contributed by atoms with Gasteiger partial charge in [0.2, 0.25) is 0 Å². The van der Waals surface area contributed by atoms with E-state index in [-0.39, 0.29) is 18.3 Å². The Balaban J connectivity index is 0.00000261. The summed E-state index contributed by atoms with van der Waals surface area (Å²) in [6, 6.07) is 18.5. The molecule has 27 heavy (non-hydrogen) atoms. The van der Waals surface area contributed by atoms with Crippen LogP contribution in [0.1, 0.15) is 31.4 Å². The van der Waals surface area contributed by atoms with E-state index in [2.05, 4.69) is 43.0 Å². The summed E-state index contributed by atoms with van der Waals surface area (Å²) >= 11 is 0. The highest BCUT2D eigenvalue weighted by molar-refractivity contribution is 6.09. The summed E-state index contributed by atoms with van der Waals surface area (Å²) in [6.07, 6.45) is 0.777. The van der Waals surface area contributed by atoms with Crippen LogP contribution in [0.4, 0.5) is 5.69 Å². The number of carbonyl (C=O) groups is 1. The van der Waals surface area contributed by atoms with E-state index in [4.69, 9.17) is 0 Å². The summed E-state index contributed by atoms with van der Waals surface area (Å²) in [6.45, 7) is 7.23. The van der Waals surface area contributed by atoms with Crippen molar-refractivity contribution in [2.75, 3.05) is 38.7 Å². The number of benzene rings is 2. The van der Waals surface area contributed by atoms with Gasteiger partial charge in [-0.05, 0) is 43.2 Å². The van der Waals surface area contributed by atoms with Crippen molar-refractivity contribution < 1.29 is 4.79 Å². The average molecular weight is 388 g/mol. The Labute approximate surface area is 169 Å². The minimum absolute atomic E-state index is 0. The second kappa shape index (κ2) is 8.87. The van der Waals surface area contributed by atoms with Crippen molar-refractivity contribution in [3.63, 3.8) is 0 Å². The number of para-hydroxylation sites is 1. The van der Waals surface area contributed by atoms with Gasteiger partial charge >= 0.3 is 0 Å². The van der Waals surface area contributed by atoms with E-state index in [0.29, 0.717) is 0 Å². The quantitative estimate of drug-likeness (QED) is 0.719. The average Bonchev–Trinajstić information content (AvgIpc) is 2.92. The zero-order chi connectivity index (χ0) is 18.7. The fourth-order valence-corrected chi connectivity index (χ4v) is 4.07. The third-order valence-corrected chi connectivity index (χ3v) is 5.51.